The number of nitrogens with zero attached hydrogens (tertiary/aromatic N) is 2. The lowest BCUT2D eigenvalue weighted by atomic mass is 10.2. The maximum atomic E-state index is 12.9. The molecule has 0 aliphatic rings. The van der Waals surface area contributed by atoms with Gasteiger partial charge >= 0.3 is 6.03 Å². The predicted octanol–water partition coefficient (Wildman–Crippen LogP) is 7.30. The molecule has 0 atom stereocenters. The van der Waals surface area contributed by atoms with E-state index < -0.39 is 6.03 Å². The largest absolute Gasteiger partial charge is 0.497 e. The van der Waals surface area contributed by atoms with Crippen molar-refractivity contribution in [3.05, 3.63) is 76.4 Å². The number of para-hydroxylation sites is 1. The van der Waals surface area contributed by atoms with E-state index in [1.54, 1.807) is 56.7 Å². The topological polar surface area (TPSA) is 116 Å². The Kier molecular flexibility index (Phi) is 8.80. The Labute approximate surface area is 235 Å². The highest BCUT2D eigenvalue weighted by molar-refractivity contribution is 6.39. The molecule has 39 heavy (non-hydrogen) atoms. The highest BCUT2D eigenvalue weighted by Gasteiger charge is 2.17. The number of urea groups is 1. The number of benzene rings is 3. The van der Waals surface area contributed by atoms with Gasteiger partial charge in [0.05, 0.1) is 43.3 Å². The van der Waals surface area contributed by atoms with Gasteiger partial charge in [-0.25, -0.2) is 9.78 Å². The van der Waals surface area contributed by atoms with Gasteiger partial charge in [0.1, 0.15) is 17.2 Å². The Hall–Kier alpha value is -4.41. The number of aryl methyl sites for hydroxylation is 1. The van der Waals surface area contributed by atoms with Crippen LogP contribution in [0.4, 0.5) is 27.8 Å². The van der Waals surface area contributed by atoms with Gasteiger partial charge in [-0.1, -0.05) is 35.3 Å². The van der Waals surface area contributed by atoms with E-state index in [1.807, 2.05) is 19.1 Å². The molecule has 0 spiro atoms. The summed E-state index contributed by atoms with van der Waals surface area (Å²) in [5.41, 5.74) is 2.02. The second-order valence-corrected chi connectivity index (χ2v) is 8.89. The Bertz CT molecular complexity index is 1460. The SMILES string of the molecule is COc1cc(Nc2ncc(NC(=O)Nc3c(Cl)cccc3Cl)c(Oc3ccc(C)cc3OC)n2)cc(OC)c1. The van der Waals surface area contributed by atoms with Crippen molar-refractivity contribution in [2.75, 3.05) is 37.3 Å². The number of rotatable bonds is 9. The van der Waals surface area contributed by atoms with Crippen LogP contribution in [0.25, 0.3) is 0 Å². The Morgan fingerprint density at radius 3 is 2.18 bits per heavy atom. The Morgan fingerprint density at radius 2 is 1.54 bits per heavy atom. The van der Waals surface area contributed by atoms with Gasteiger partial charge in [-0.05, 0) is 36.8 Å². The first-order valence-electron chi connectivity index (χ1n) is 11.5. The van der Waals surface area contributed by atoms with Gasteiger partial charge in [0.25, 0.3) is 0 Å². The number of ether oxygens (including phenoxy) is 4. The second-order valence-electron chi connectivity index (χ2n) is 8.07. The van der Waals surface area contributed by atoms with Gasteiger partial charge in [0.2, 0.25) is 11.8 Å². The van der Waals surface area contributed by atoms with Crippen LogP contribution >= 0.6 is 23.2 Å². The van der Waals surface area contributed by atoms with Crippen molar-refractivity contribution in [3.8, 4) is 28.9 Å². The van der Waals surface area contributed by atoms with E-state index in [1.165, 1.54) is 13.3 Å². The van der Waals surface area contributed by atoms with E-state index in [0.717, 1.165) is 5.56 Å². The van der Waals surface area contributed by atoms with Crippen LogP contribution in [0.3, 0.4) is 0 Å². The van der Waals surface area contributed by atoms with Crippen molar-refractivity contribution in [2.24, 2.45) is 0 Å². The van der Waals surface area contributed by atoms with Crippen LogP contribution in [0.15, 0.2) is 60.8 Å². The first-order valence-corrected chi connectivity index (χ1v) is 12.3. The fourth-order valence-electron chi connectivity index (χ4n) is 3.45. The quantitative estimate of drug-likeness (QED) is 0.192. The third-order valence-corrected chi connectivity index (χ3v) is 5.97. The molecule has 4 aromatic rings. The molecular weight excluding hydrogens is 545 g/mol. The summed E-state index contributed by atoms with van der Waals surface area (Å²) in [4.78, 5) is 21.7. The summed E-state index contributed by atoms with van der Waals surface area (Å²) in [7, 11) is 4.64. The number of methoxy groups -OCH3 is 3. The summed E-state index contributed by atoms with van der Waals surface area (Å²) in [6, 6.07) is 14.9. The zero-order chi connectivity index (χ0) is 27.9. The molecule has 2 amide bonds. The van der Waals surface area contributed by atoms with Gasteiger partial charge in [-0.15, -0.1) is 0 Å². The molecule has 1 aromatic heterocycles. The standard InChI is InChI=1S/C27H25Cl2N5O5/c1-15-8-9-22(23(10-15)38-4)39-25-21(32-27(35)33-24-19(28)6-5-7-20(24)29)14-30-26(34-25)31-16-11-17(36-2)13-18(12-16)37-3/h5-14H,1-4H3,(H,30,31,34)(H2,32,33,35). The maximum Gasteiger partial charge on any atom is 0.323 e. The minimum Gasteiger partial charge on any atom is -0.497 e. The third-order valence-electron chi connectivity index (χ3n) is 5.34. The fourth-order valence-corrected chi connectivity index (χ4v) is 3.94. The highest BCUT2D eigenvalue weighted by atomic mass is 35.5. The molecule has 0 saturated carbocycles. The van der Waals surface area contributed by atoms with Crippen LogP contribution in [-0.2, 0) is 0 Å². The molecule has 0 radical (unpaired) electrons. The molecule has 0 unspecified atom stereocenters. The molecule has 3 aromatic carbocycles. The minimum absolute atomic E-state index is 0.0462. The first-order chi connectivity index (χ1) is 18.8. The zero-order valence-corrected chi connectivity index (χ0v) is 23.0. The van der Waals surface area contributed by atoms with Gasteiger partial charge in [0.15, 0.2) is 11.5 Å². The van der Waals surface area contributed by atoms with Crippen LogP contribution in [-0.4, -0.2) is 37.3 Å². The van der Waals surface area contributed by atoms with Gasteiger partial charge in [-0.3, -0.25) is 0 Å². The lowest BCUT2D eigenvalue weighted by Gasteiger charge is -2.16. The minimum atomic E-state index is -0.632. The number of aromatic nitrogens is 2. The van der Waals surface area contributed by atoms with E-state index >= 15 is 0 Å². The number of anilines is 4. The molecule has 0 bridgehead atoms. The van der Waals surface area contributed by atoms with Crippen LogP contribution in [0.2, 0.25) is 10.0 Å². The lowest BCUT2D eigenvalue weighted by molar-refractivity contribution is 0.262. The maximum absolute atomic E-state index is 12.9. The fraction of sp³-hybridized carbons (Fsp3) is 0.148. The van der Waals surface area contributed by atoms with E-state index in [9.17, 15) is 4.79 Å². The number of hydrogen-bond donors (Lipinski definition) is 3. The third kappa shape index (κ3) is 6.92. The first kappa shape index (κ1) is 27.6. The Morgan fingerprint density at radius 1 is 0.846 bits per heavy atom. The summed E-state index contributed by atoms with van der Waals surface area (Å²) in [5.74, 6) is 2.25. The molecule has 3 N–H and O–H groups in total. The van der Waals surface area contributed by atoms with Crippen molar-refractivity contribution in [2.45, 2.75) is 6.92 Å². The molecule has 4 rings (SSSR count). The van der Waals surface area contributed by atoms with Gasteiger partial charge < -0.3 is 34.9 Å². The molecule has 0 fully saturated rings. The predicted molar refractivity (Wildman–Crippen MR) is 152 cm³/mol. The molecule has 10 nitrogen and oxygen atoms in total. The van der Waals surface area contributed by atoms with E-state index in [0.29, 0.717) is 28.7 Å². The average molecular weight is 570 g/mol. The summed E-state index contributed by atoms with van der Waals surface area (Å²) >= 11 is 12.4. The smallest absolute Gasteiger partial charge is 0.323 e. The van der Waals surface area contributed by atoms with Crippen LogP contribution in [0.1, 0.15) is 5.56 Å². The van der Waals surface area contributed by atoms with E-state index in [-0.39, 0.29) is 33.2 Å². The molecule has 12 heteroatoms. The van der Waals surface area contributed by atoms with Crippen molar-refractivity contribution in [1.29, 1.82) is 0 Å². The summed E-state index contributed by atoms with van der Waals surface area (Å²) in [6.45, 7) is 1.93. The molecule has 0 aliphatic heterocycles. The van der Waals surface area contributed by atoms with Crippen molar-refractivity contribution in [3.63, 3.8) is 0 Å². The van der Waals surface area contributed by atoms with Crippen LogP contribution in [0.5, 0.6) is 28.9 Å². The van der Waals surface area contributed by atoms with Gasteiger partial charge in [0, 0.05) is 23.9 Å². The monoisotopic (exact) mass is 569 g/mol. The number of amides is 2. The molecule has 0 saturated heterocycles. The summed E-state index contributed by atoms with van der Waals surface area (Å²) < 4.78 is 22.2. The number of halogens is 2. The van der Waals surface area contributed by atoms with E-state index in [2.05, 4.69) is 25.9 Å². The average Bonchev–Trinajstić information content (AvgIpc) is 2.92. The molecule has 0 aliphatic carbocycles. The molecule has 1 heterocycles. The van der Waals surface area contributed by atoms with Crippen molar-refractivity contribution >= 4 is 52.2 Å². The van der Waals surface area contributed by atoms with Crippen molar-refractivity contribution in [1.82, 2.24) is 9.97 Å². The highest BCUT2D eigenvalue weighted by Crippen LogP contribution is 2.36. The summed E-state index contributed by atoms with van der Waals surface area (Å²) in [6.07, 6.45) is 1.40. The Balaban J connectivity index is 1.67. The van der Waals surface area contributed by atoms with E-state index in [4.69, 9.17) is 42.1 Å². The van der Waals surface area contributed by atoms with Crippen LogP contribution in [0, 0.1) is 6.92 Å². The number of carbonyl (C=O) groups excluding carboxylic acids is 1. The number of carbonyl (C=O) groups is 1. The normalized spacial score (nSPS) is 10.4. The van der Waals surface area contributed by atoms with Gasteiger partial charge in [-0.2, -0.15) is 4.98 Å². The number of nitrogens with one attached hydrogen (secondary N) is 3. The zero-order valence-electron chi connectivity index (χ0n) is 21.5. The molecular formula is C27H25Cl2N5O5. The second kappa shape index (κ2) is 12.4. The van der Waals surface area contributed by atoms with Crippen LogP contribution < -0.4 is 34.9 Å². The molecule has 202 valence electrons. The number of hydrogen-bond acceptors (Lipinski definition) is 8. The lowest BCUT2D eigenvalue weighted by Crippen LogP contribution is -2.20. The summed E-state index contributed by atoms with van der Waals surface area (Å²) in [5, 5.41) is 8.98. The van der Waals surface area contributed by atoms with Crippen molar-refractivity contribution < 1.29 is 23.7 Å².